The molecule has 20 heavy (non-hydrogen) atoms. The lowest BCUT2D eigenvalue weighted by atomic mass is 9.89. The third-order valence-electron chi connectivity index (χ3n) is 3.58. The molecule has 0 saturated carbocycles. The van der Waals surface area contributed by atoms with Gasteiger partial charge in [-0.25, -0.2) is 0 Å². The van der Waals surface area contributed by atoms with E-state index in [1.165, 1.54) is 5.56 Å². The van der Waals surface area contributed by atoms with Gasteiger partial charge in [0.25, 0.3) is 0 Å². The van der Waals surface area contributed by atoms with Crippen molar-refractivity contribution in [3.05, 3.63) is 69.2 Å². The molecular weight excluding hydrogens is 293 g/mol. The molecule has 4 heteroatoms. The van der Waals surface area contributed by atoms with Gasteiger partial charge in [0.1, 0.15) is 0 Å². The lowest BCUT2D eigenvalue weighted by Gasteiger charge is -2.26. The Morgan fingerprint density at radius 1 is 1.10 bits per heavy atom. The van der Waals surface area contributed by atoms with Crippen molar-refractivity contribution in [3.8, 4) is 0 Å². The smallest absolute Gasteiger partial charge is 0.184 e. The molecule has 1 heterocycles. The monoisotopic (exact) mass is 305 g/mol. The fourth-order valence-electron chi connectivity index (χ4n) is 2.55. The summed E-state index contributed by atoms with van der Waals surface area (Å²) in [4.78, 5) is 12.7. The average molecular weight is 306 g/mol. The number of ketones is 1. The zero-order valence-electron chi connectivity index (χ0n) is 10.7. The normalized spacial score (nSPS) is 17.6. The summed E-state index contributed by atoms with van der Waals surface area (Å²) in [5, 5.41) is 4.14. The number of carbonyl (C=O) groups is 1. The van der Waals surface area contributed by atoms with Crippen LogP contribution in [0.3, 0.4) is 0 Å². The quantitative estimate of drug-likeness (QED) is 0.848. The van der Waals surface area contributed by atoms with Gasteiger partial charge in [0.05, 0.1) is 16.1 Å². The molecule has 2 aromatic carbocycles. The topological polar surface area (TPSA) is 29.1 Å². The molecule has 0 aromatic heterocycles. The van der Waals surface area contributed by atoms with Crippen molar-refractivity contribution in [3.63, 3.8) is 0 Å². The summed E-state index contributed by atoms with van der Waals surface area (Å²) >= 11 is 11.9. The first-order valence-corrected chi connectivity index (χ1v) is 7.23. The van der Waals surface area contributed by atoms with Gasteiger partial charge in [-0.3, -0.25) is 4.79 Å². The van der Waals surface area contributed by atoms with Gasteiger partial charge in [-0.2, -0.15) is 0 Å². The van der Waals surface area contributed by atoms with E-state index in [-0.39, 0.29) is 11.8 Å². The Kier molecular flexibility index (Phi) is 3.79. The summed E-state index contributed by atoms with van der Waals surface area (Å²) < 4.78 is 0. The number of benzene rings is 2. The number of halogens is 2. The van der Waals surface area contributed by atoms with Crippen LogP contribution < -0.4 is 5.32 Å². The van der Waals surface area contributed by atoms with Crippen molar-refractivity contribution in [1.29, 1.82) is 0 Å². The Morgan fingerprint density at radius 2 is 1.90 bits per heavy atom. The minimum absolute atomic E-state index is 0.0238. The first kappa shape index (κ1) is 13.6. The summed E-state index contributed by atoms with van der Waals surface area (Å²) in [6.07, 6.45) is 0.946. The summed E-state index contributed by atoms with van der Waals surface area (Å²) in [7, 11) is 0. The van der Waals surface area contributed by atoms with Gasteiger partial charge in [0, 0.05) is 12.1 Å². The zero-order chi connectivity index (χ0) is 14.1. The Morgan fingerprint density at radius 3 is 2.70 bits per heavy atom. The van der Waals surface area contributed by atoms with Gasteiger partial charge in [-0.15, -0.1) is 0 Å². The maximum atomic E-state index is 12.7. The molecule has 1 N–H and O–H groups in total. The van der Waals surface area contributed by atoms with E-state index in [0.717, 1.165) is 18.5 Å². The minimum atomic E-state index is -0.308. The van der Waals surface area contributed by atoms with Crippen LogP contribution >= 0.6 is 23.2 Å². The van der Waals surface area contributed by atoms with Crippen LogP contribution in [0.25, 0.3) is 0 Å². The SMILES string of the molecule is O=C(c1ccc(Cl)c(Cl)c1)C1NCCc2ccccc21. The molecular formula is C16H13Cl2NO. The van der Waals surface area contributed by atoms with E-state index >= 15 is 0 Å². The highest BCUT2D eigenvalue weighted by molar-refractivity contribution is 6.42. The summed E-state index contributed by atoms with van der Waals surface area (Å²) in [5.74, 6) is 0.0238. The molecule has 0 radical (unpaired) electrons. The molecule has 2 nitrogen and oxygen atoms in total. The number of nitrogens with one attached hydrogen (secondary N) is 1. The molecule has 0 spiro atoms. The molecule has 2 aromatic rings. The fourth-order valence-corrected chi connectivity index (χ4v) is 2.85. The molecule has 1 aliphatic heterocycles. The Hall–Kier alpha value is -1.35. The van der Waals surface area contributed by atoms with Gasteiger partial charge in [-0.05, 0) is 35.7 Å². The summed E-state index contributed by atoms with van der Waals surface area (Å²) in [6, 6.07) is 12.7. The number of rotatable bonds is 2. The van der Waals surface area contributed by atoms with Crippen LogP contribution in [-0.4, -0.2) is 12.3 Å². The van der Waals surface area contributed by atoms with Crippen LogP contribution in [0.15, 0.2) is 42.5 Å². The van der Waals surface area contributed by atoms with E-state index in [2.05, 4.69) is 11.4 Å². The summed E-state index contributed by atoms with van der Waals surface area (Å²) in [6.45, 7) is 0.800. The van der Waals surface area contributed by atoms with Crippen LogP contribution in [0.5, 0.6) is 0 Å². The Balaban J connectivity index is 1.97. The summed E-state index contributed by atoms with van der Waals surface area (Å²) in [5.41, 5.74) is 2.85. The molecule has 0 saturated heterocycles. The Bertz CT molecular complexity index is 669. The lowest BCUT2D eigenvalue weighted by Crippen LogP contribution is -2.35. The molecule has 102 valence electrons. The number of carbonyl (C=O) groups excluding carboxylic acids is 1. The second kappa shape index (κ2) is 5.57. The third-order valence-corrected chi connectivity index (χ3v) is 4.31. The maximum Gasteiger partial charge on any atom is 0.184 e. The molecule has 0 fully saturated rings. The number of Topliss-reactive ketones (excluding diaryl/α,β-unsaturated/α-hetero) is 1. The van der Waals surface area contributed by atoms with Gasteiger partial charge >= 0.3 is 0 Å². The largest absolute Gasteiger partial charge is 0.303 e. The molecule has 1 unspecified atom stereocenters. The molecule has 3 rings (SSSR count). The van der Waals surface area contributed by atoms with E-state index in [4.69, 9.17) is 23.2 Å². The molecule has 1 aliphatic rings. The van der Waals surface area contributed by atoms with Crippen LogP contribution in [0.2, 0.25) is 10.0 Å². The second-order valence-corrected chi connectivity index (χ2v) is 5.64. The second-order valence-electron chi connectivity index (χ2n) is 4.83. The van der Waals surface area contributed by atoms with Crippen LogP contribution in [-0.2, 0) is 6.42 Å². The van der Waals surface area contributed by atoms with E-state index in [1.807, 2.05) is 18.2 Å². The van der Waals surface area contributed by atoms with Crippen molar-refractivity contribution in [2.45, 2.75) is 12.5 Å². The number of fused-ring (bicyclic) bond motifs is 1. The van der Waals surface area contributed by atoms with Crippen molar-refractivity contribution >= 4 is 29.0 Å². The predicted octanol–water partition coefficient (Wildman–Crippen LogP) is 4.06. The van der Waals surface area contributed by atoms with Crippen molar-refractivity contribution in [1.82, 2.24) is 5.32 Å². The highest BCUT2D eigenvalue weighted by atomic mass is 35.5. The first-order valence-electron chi connectivity index (χ1n) is 6.47. The Labute approximate surface area is 127 Å². The van der Waals surface area contributed by atoms with E-state index < -0.39 is 0 Å². The molecule has 0 aliphatic carbocycles. The maximum absolute atomic E-state index is 12.7. The molecule has 1 atom stereocenters. The minimum Gasteiger partial charge on any atom is -0.303 e. The third kappa shape index (κ3) is 2.47. The first-order chi connectivity index (χ1) is 9.66. The highest BCUT2D eigenvalue weighted by Crippen LogP contribution is 2.28. The van der Waals surface area contributed by atoms with Crippen molar-refractivity contribution in [2.24, 2.45) is 0 Å². The molecule has 0 bridgehead atoms. The van der Waals surface area contributed by atoms with E-state index in [0.29, 0.717) is 15.6 Å². The van der Waals surface area contributed by atoms with E-state index in [9.17, 15) is 4.79 Å². The van der Waals surface area contributed by atoms with Crippen molar-refractivity contribution in [2.75, 3.05) is 6.54 Å². The van der Waals surface area contributed by atoms with Gasteiger partial charge < -0.3 is 5.32 Å². The van der Waals surface area contributed by atoms with Crippen LogP contribution in [0.1, 0.15) is 27.5 Å². The van der Waals surface area contributed by atoms with Crippen LogP contribution in [0, 0.1) is 0 Å². The predicted molar refractivity (Wildman–Crippen MR) is 81.7 cm³/mol. The fraction of sp³-hybridized carbons (Fsp3) is 0.188. The van der Waals surface area contributed by atoms with E-state index in [1.54, 1.807) is 18.2 Å². The zero-order valence-corrected chi connectivity index (χ0v) is 12.2. The average Bonchev–Trinajstić information content (AvgIpc) is 2.49. The van der Waals surface area contributed by atoms with Crippen molar-refractivity contribution < 1.29 is 4.79 Å². The van der Waals surface area contributed by atoms with Gasteiger partial charge in [0.15, 0.2) is 5.78 Å². The van der Waals surface area contributed by atoms with Gasteiger partial charge in [-0.1, -0.05) is 47.5 Å². The standard InChI is InChI=1S/C16H13Cl2NO/c17-13-6-5-11(9-14(13)18)16(20)15-12-4-2-1-3-10(12)7-8-19-15/h1-6,9,15,19H,7-8H2. The van der Waals surface area contributed by atoms with Crippen LogP contribution in [0.4, 0.5) is 0 Å². The van der Waals surface area contributed by atoms with Gasteiger partial charge in [0.2, 0.25) is 0 Å². The number of hydrogen-bond donors (Lipinski definition) is 1. The highest BCUT2D eigenvalue weighted by Gasteiger charge is 2.26. The molecule has 0 amide bonds. The number of hydrogen-bond acceptors (Lipinski definition) is 2. The lowest BCUT2D eigenvalue weighted by molar-refractivity contribution is 0.0939.